The Labute approximate surface area is 106 Å². The number of carbonyl (C=O) groups excluding carboxylic acids is 1. The van der Waals surface area contributed by atoms with Crippen LogP contribution in [0.3, 0.4) is 0 Å². The van der Waals surface area contributed by atoms with Crippen LogP contribution in [0.5, 0.6) is 5.75 Å². The average Bonchev–Trinajstić information content (AvgIpc) is 2.42. The van der Waals surface area contributed by atoms with Crippen LogP contribution in [-0.4, -0.2) is 42.5 Å². The molecule has 1 aromatic rings. The molecule has 0 aliphatic carbocycles. The van der Waals surface area contributed by atoms with Crippen molar-refractivity contribution in [1.82, 2.24) is 5.32 Å². The Kier molecular flexibility index (Phi) is 6.18. The summed E-state index contributed by atoms with van der Waals surface area (Å²) in [5.74, 6) is 0.556. The lowest BCUT2D eigenvalue weighted by atomic mass is 10.1. The lowest BCUT2D eigenvalue weighted by Gasteiger charge is -2.13. The Morgan fingerprint density at radius 3 is 2.61 bits per heavy atom. The highest BCUT2D eigenvalue weighted by Crippen LogP contribution is 2.18. The first-order valence-electron chi connectivity index (χ1n) is 5.84. The molecule has 5 heteroatoms. The zero-order valence-electron chi connectivity index (χ0n) is 10.4. The molecule has 1 aromatic carbocycles. The van der Waals surface area contributed by atoms with E-state index in [2.05, 4.69) is 5.32 Å². The van der Waals surface area contributed by atoms with Crippen molar-refractivity contribution in [3.63, 3.8) is 0 Å². The molecule has 1 amide bonds. The topological polar surface area (TPSA) is 78.8 Å². The van der Waals surface area contributed by atoms with Crippen LogP contribution in [-0.2, 0) is 11.2 Å². The number of para-hydroxylation sites is 1. The molecule has 0 aromatic heterocycles. The molecule has 0 atom stereocenters. The van der Waals surface area contributed by atoms with Crippen molar-refractivity contribution in [2.24, 2.45) is 0 Å². The van der Waals surface area contributed by atoms with E-state index in [-0.39, 0.29) is 25.5 Å². The summed E-state index contributed by atoms with van der Waals surface area (Å²) in [4.78, 5) is 11.6. The summed E-state index contributed by atoms with van der Waals surface area (Å²) in [6.45, 7) is -0.534. The van der Waals surface area contributed by atoms with E-state index in [1.54, 1.807) is 7.11 Å². The summed E-state index contributed by atoms with van der Waals surface area (Å²) >= 11 is 0. The van der Waals surface area contributed by atoms with Gasteiger partial charge in [0.15, 0.2) is 0 Å². The van der Waals surface area contributed by atoms with Crippen LogP contribution in [0.4, 0.5) is 0 Å². The summed E-state index contributed by atoms with van der Waals surface area (Å²) in [6.07, 6.45) is 0.844. The number of aliphatic hydroxyl groups excluding tert-OH is 2. The molecule has 18 heavy (non-hydrogen) atoms. The number of hydrogen-bond acceptors (Lipinski definition) is 4. The lowest BCUT2D eigenvalue weighted by molar-refractivity contribution is -0.122. The predicted molar refractivity (Wildman–Crippen MR) is 67.4 cm³/mol. The standard InChI is InChI=1S/C13H19NO4/c1-18-12-5-3-2-4-10(12)6-7-13(17)14-11(8-15)9-16/h2-5,11,15-16H,6-9H2,1H3,(H,14,17). The second-order valence-corrected chi connectivity index (χ2v) is 3.94. The molecule has 0 saturated heterocycles. The molecule has 0 bridgehead atoms. The molecule has 0 fully saturated rings. The van der Waals surface area contributed by atoms with E-state index in [1.807, 2.05) is 24.3 Å². The van der Waals surface area contributed by atoms with Gasteiger partial charge in [-0.1, -0.05) is 18.2 Å². The van der Waals surface area contributed by atoms with Gasteiger partial charge < -0.3 is 20.3 Å². The zero-order valence-corrected chi connectivity index (χ0v) is 10.4. The summed E-state index contributed by atoms with van der Waals surface area (Å²) in [7, 11) is 1.59. The number of ether oxygens (including phenoxy) is 1. The van der Waals surface area contributed by atoms with Crippen molar-refractivity contribution in [1.29, 1.82) is 0 Å². The molecule has 5 nitrogen and oxygen atoms in total. The second-order valence-electron chi connectivity index (χ2n) is 3.94. The minimum atomic E-state index is -0.588. The Morgan fingerprint density at radius 1 is 1.33 bits per heavy atom. The Bertz CT molecular complexity index is 377. The van der Waals surface area contributed by atoms with Crippen LogP contribution < -0.4 is 10.1 Å². The maximum Gasteiger partial charge on any atom is 0.220 e. The maximum atomic E-state index is 11.6. The molecule has 100 valence electrons. The highest BCUT2D eigenvalue weighted by atomic mass is 16.5. The van der Waals surface area contributed by atoms with Gasteiger partial charge in [0.25, 0.3) is 0 Å². The number of amides is 1. The van der Waals surface area contributed by atoms with Crippen molar-refractivity contribution >= 4 is 5.91 Å². The molecule has 1 rings (SSSR count). The van der Waals surface area contributed by atoms with Crippen LogP contribution >= 0.6 is 0 Å². The number of rotatable bonds is 7. The van der Waals surface area contributed by atoms with Crippen LogP contribution in [0, 0.1) is 0 Å². The molecule has 0 aliphatic heterocycles. The monoisotopic (exact) mass is 253 g/mol. The second kappa shape index (κ2) is 7.68. The highest BCUT2D eigenvalue weighted by molar-refractivity contribution is 5.76. The van der Waals surface area contributed by atoms with E-state index in [9.17, 15) is 4.79 Å². The SMILES string of the molecule is COc1ccccc1CCC(=O)NC(CO)CO. The van der Waals surface area contributed by atoms with Crippen molar-refractivity contribution in [3.05, 3.63) is 29.8 Å². The van der Waals surface area contributed by atoms with Crippen molar-refractivity contribution in [2.75, 3.05) is 20.3 Å². The van der Waals surface area contributed by atoms with E-state index in [0.717, 1.165) is 11.3 Å². The van der Waals surface area contributed by atoms with E-state index in [1.165, 1.54) is 0 Å². The fourth-order valence-electron chi connectivity index (χ4n) is 1.61. The Morgan fingerprint density at radius 2 is 2.00 bits per heavy atom. The fourth-order valence-corrected chi connectivity index (χ4v) is 1.61. The number of nitrogens with one attached hydrogen (secondary N) is 1. The normalized spacial score (nSPS) is 10.4. The van der Waals surface area contributed by atoms with Crippen molar-refractivity contribution in [3.8, 4) is 5.75 Å². The van der Waals surface area contributed by atoms with E-state index >= 15 is 0 Å². The van der Waals surface area contributed by atoms with Gasteiger partial charge in [-0.2, -0.15) is 0 Å². The third kappa shape index (κ3) is 4.35. The number of benzene rings is 1. The highest BCUT2D eigenvalue weighted by Gasteiger charge is 2.11. The summed E-state index contributed by atoms with van der Waals surface area (Å²) in [5, 5.41) is 20.2. The lowest BCUT2D eigenvalue weighted by Crippen LogP contribution is -2.40. The number of methoxy groups -OCH3 is 1. The van der Waals surface area contributed by atoms with Crippen LogP contribution in [0.15, 0.2) is 24.3 Å². The molecule has 0 radical (unpaired) electrons. The predicted octanol–water partition coefficient (Wildman–Crippen LogP) is 0.0972. The summed E-state index contributed by atoms with van der Waals surface area (Å²) < 4.78 is 5.19. The van der Waals surface area contributed by atoms with Gasteiger partial charge in [-0.15, -0.1) is 0 Å². The minimum Gasteiger partial charge on any atom is -0.496 e. The number of aliphatic hydroxyl groups is 2. The van der Waals surface area contributed by atoms with E-state index in [4.69, 9.17) is 14.9 Å². The third-order valence-corrected chi connectivity index (χ3v) is 2.62. The Balaban J connectivity index is 2.47. The smallest absolute Gasteiger partial charge is 0.220 e. The maximum absolute atomic E-state index is 11.6. The molecule has 0 heterocycles. The van der Waals surface area contributed by atoms with Gasteiger partial charge in [0.05, 0.1) is 26.4 Å². The quantitative estimate of drug-likeness (QED) is 0.644. The van der Waals surface area contributed by atoms with Gasteiger partial charge in [-0.05, 0) is 18.1 Å². The van der Waals surface area contributed by atoms with Gasteiger partial charge in [-0.25, -0.2) is 0 Å². The van der Waals surface area contributed by atoms with Crippen LogP contribution in [0.2, 0.25) is 0 Å². The minimum absolute atomic E-state index is 0.200. The zero-order chi connectivity index (χ0) is 13.4. The molecule has 0 spiro atoms. The third-order valence-electron chi connectivity index (χ3n) is 2.62. The van der Waals surface area contributed by atoms with Crippen LogP contribution in [0.25, 0.3) is 0 Å². The largest absolute Gasteiger partial charge is 0.496 e. The first kappa shape index (κ1) is 14.5. The molecule has 0 unspecified atom stereocenters. The fraction of sp³-hybridized carbons (Fsp3) is 0.462. The molecule has 3 N–H and O–H groups in total. The average molecular weight is 253 g/mol. The van der Waals surface area contributed by atoms with Crippen molar-refractivity contribution < 1.29 is 19.7 Å². The summed E-state index contributed by atoms with van der Waals surface area (Å²) in [5.41, 5.74) is 0.958. The molecular weight excluding hydrogens is 234 g/mol. The van der Waals surface area contributed by atoms with Gasteiger partial charge in [-0.3, -0.25) is 4.79 Å². The first-order chi connectivity index (χ1) is 8.71. The van der Waals surface area contributed by atoms with E-state index < -0.39 is 6.04 Å². The van der Waals surface area contributed by atoms with Crippen LogP contribution in [0.1, 0.15) is 12.0 Å². The summed E-state index contributed by atoms with van der Waals surface area (Å²) in [6, 6.07) is 6.92. The number of carbonyl (C=O) groups is 1. The van der Waals surface area contributed by atoms with Gasteiger partial charge >= 0.3 is 0 Å². The number of hydrogen-bond donors (Lipinski definition) is 3. The molecular formula is C13H19NO4. The number of aryl methyl sites for hydroxylation is 1. The van der Waals surface area contributed by atoms with Crippen molar-refractivity contribution in [2.45, 2.75) is 18.9 Å². The van der Waals surface area contributed by atoms with Gasteiger partial charge in [0, 0.05) is 6.42 Å². The molecule has 0 saturated carbocycles. The van der Waals surface area contributed by atoms with Gasteiger partial charge in [0.1, 0.15) is 5.75 Å². The Hall–Kier alpha value is -1.59. The molecule has 0 aliphatic rings. The first-order valence-corrected chi connectivity index (χ1v) is 5.84. The van der Waals surface area contributed by atoms with E-state index in [0.29, 0.717) is 6.42 Å². The van der Waals surface area contributed by atoms with Gasteiger partial charge in [0.2, 0.25) is 5.91 Å².